The van der Waals surface area contributed by atoms with E-state index in [1.807, 2.05) is 36.4 Å². The van der Waals surface area contributed by atoms with Crippen LogP contribution < -0.4 is 4.74 Å². The van der Waals surface area contributed by atoms with Gasteiger partial charge in [0.2, 0.25) is 0 Å². The molecule has 0 bridgehead atoms. The second kappa shape index (κ2) is 6.66. The Hall–Kier alpha value is -1.60. The number of nitrogens with zero attached hydrogens (tertiary/aromatic N) is 1. The quantitative estimate of drug-likeness (QED) is 0.791. The summed E-state index contributed by atoms with van der Waals surface area (Å²) in [5, 5.41) is 29.1. The fourth-order valence-electron chi connectivity index (χ4n) is 2.29. The molecule has 1 aliphatic heterocycles. The van der Waals surface area contributed by atoms with Crippen molar-refractivity contribution in [2.45, 2.75) is 23.7 Å². The van der Waals surface area contributed by atoms with Crippen molar-refractivity contribution in [1.29, 1.82) is 0 Å². The molecule has 116 valence electrons. The van der Waals surface area contributed by atoms with Crippen molar-refractivity contribution in [3.8, 4) is 16.9 Å². The van der Waals surface area contributed by atoms with E-state index in [1.54, 1.807) is 12.4 Å². The minimum absolute atomic E-state index is 0.331. The summed E-state index contributed by atoms with van der Waals surface area (Å²) in [6, 6.07) is 11.3. The van der Waals surface area contributed by atoms with E-state index in [0.29, 0.717) is 11.5 Å². The molecule has 0 amide bonds. The first-order chi connectivity index (χ1) is 10.6. The van der Waals surface area contributed by atoms with Gasteiger partial charge in [0.05, 0.1) is 6.10 Å². The molecule has 2 heterocycles. The van der Waals surface area contributed by atoms with Crippen LogP contribution in [0.5, 0.6) is 5.75 Å². The summed E-state index contributed by atoms with van der Waals surface area (Å²) in [5.74, 6) is 0.941. The van der Waals surface area contributed by atoms with Gasteiger partial charge in [-0.3, -0.25) is 4.98 Å². The Labute approximate surface area is 132 Å². The lowest BCUT2D eigenvalue weighted by Crippen LogP contribution is -2.50. The maximum absolute atomic E-state index is 9.94. The lowest BCUT2D eigenvalue weighted by molar-refractivity contribution is -0.0786. The predicted molar refractivity (Wildman–Crippen MR) is 84.6 cm³/mol. The first kappa shape index (κ1) is 15.3. The molecule has 22 heavy (non-hydrogen) atoms. The van der Waals surface area contributed by atoms with Gasteiger partial charge in [-0.1, -0.05) is 12.1 Å². The Balaban J connectivity index is 1.69. The highest BCUT2D eigenvalue weighted by Crippen LogP contribution is 2.30. The fourth-order valence-corrected chi connectivity index (χ4v) is 3.41. The monoisotopic (exact) mass is 319 g/mol. The maximum atomic E-state index is 9.94. The van der Waals surface area contributed by atoms with E-state index < -0.39 is 23.7 Å². The van der Waals surface area contributed by atoms with Crippen LogP contribution in [0.2, 0.25) is 0 Å². The minimum atomic E-state index is -1.18. The van der Waals surface area contributed by atoms with Gasteiger partial charge in [-0.15, -0.1) is 11.8 Å². The number of benzene rings is 1. The number of aliphatic hydroxyl groups excluding tert-OH is 3. The lowest BCUT2D eigenvalue weighted by atomic mass is 10.1. The van der Waals surface area contributed by atoms with Crippen molar-refractivity contribution in [2.75, 3.05) is 5.75 Å². The Morgan fingerprint density at radius 3 is 2.23 bits per heavy atom. The van der Waals surface area contributed by atoms with E-state index >= 15 is 0 Å². The minimum Gasteiger partial charge on any atom is -0.477 e. The molecule has 1 aromatic heterocycles. The van der Waals surface area contributed by atoms with Gasteiger partial charge < -0.3 is 20.1 Å². The normalized spacial score (nSPS) is 28.3. The van der Waals surface area contributed by atoms with Crippen LogP contribution in [0.1, 0.15) is 0 Å². The second-order valence-corrected chi connectivity index (χ2v) is 6.26. The molecular formula is C16H17NO4S. The van der Waals surface area contributed by atoms with Crippen LogP contribution in [0.3, 0.4) is 0 Å². The van der Waals surface area contributed by atoms with E-state index in [0.717, 1.165) is 11.1 Å². The molecule has 1 fully saturated rings. The Morgan fingerprint density at radius 1 is 0.909 bits per heavy atom. The zero-order chi connectivity index (χ0) is 15.5. The maximum Gasteiger partial charge on any atom is 0.173 e. The summed E-state index contributed by atoms with van der Waals surface area (Å²) in [6.07, 6.45) is 0.257. The van der Waals surface area contributed by atoms with Gasteiger partial charge in [0.15, 0.2) is 5.44 Å². The van der Waals surface area contributed by atoms with Crippen LogP contribution in [0, 0.1) is 0 Å². The van der Waals surface area contributed by atoms with Crippen LogP contribution in [-0.2, 0) is 0 Å². The van der Waals surface area contributed by atoms with Crippen LogP contribution in [-0.4, -0.2) is 49.8 Å². The van der Waals surface area contributed by atoms with Crippen LogP contribution in [0.4, 0.5) is 0 Å². The topological polar surface area (TPSA) is 82.8 Å². The summed E-state index contributed by atoms with van der Waals surface area (Å²) in [7, 11) is 0. The third kappa shape index (κ3) is 3.25. The molecule has 0 radical (unpaired) electrons. The van der Waals surface area contributed by atoms with Crippen molar-refractivity contribution in [3.05, 3.63) is 48.8 Å². The van der Waals surface area contributed by atoms with Crippen molar-refractivity contribution in [2.24, 2.45) is 0 Å². The zero-order valence-electron chi connectivity index (χ0n) is 11.7. The van der Waals surface area contributed by atoms with Crippen molar-refractivity contribution in [1.82, 2.24) is 4.98 Å². The first-order valence-electron chi connectivity index (χ1n) is 6.98. The molecule has 1 saturated heterocycles. The van der Waals surface area contributed by atoms with Crippen LogP contribution in [0.25, 0.3) is 11.1 Å². The molecule has 0 unspecified atom stereocenters. The van der Waals surface area contributed by atoms with Gasteiger partial charge in [0.25, 0.3) is 0 Å². The number of hydrogen-bond donors (Lipinski definition) is 3. The SMILES string of the molecule is O[C@@H]1[C@@H](O)[C@H](Oc2ccc(-c3ccncc3)cc2)SC[C@H]1O. The third-order valence-electron chi connectivity index (χ3n) is 3.57. The molecule has 4 atom stereocenters. The zero-order valence-corrected chi connectivity index (χ0v) is 12.6. The molecule has 6 heteroatoms. The van der Waals surface area contributed by atoms with Gasteiger partial charge in [0, 0.05) is 18.1 Å². The first-order valence-corrected chi connectivity index (χ1v) is 8.03. The average molecular weight is 319 g/mol. The highest BCUT2D eigenvalue weighted by molar-refractivity contribution is 7.99. The number of aromatic nitrogens is 1. The predicted octanol–water partition coefficient (Wildman–Crippen LogP) is 1.28. The summed E-state index contributed by atoms with van der Waals surface area (Å²) < 4.78 is 5.71. The van der Waals surface area contributed by atoms with Gasteiger partial charge in [-0.05, 0) is 35.4 Å². The fraction of sp³-hybridized carbons (Fsp3) is 0.312. The van der Waals surface area contributed by atoms with E-state index in [-0.39, 0.29) is 0 Å². The summed E-state index contributed by atoms with van der Waals surface area (Å²) >= 11 is 1.29. The lowest BCUT2D eigenvalue weighted by Gasteiger charge is -2.34. The summed E-state index contributed by atoms with van der Waals surface area (Å²) in [6.45, 7) is 0. The van der Waals surface area contributed by atoms with E-state index in [1.165, 1.54) is 11.8 Å². The number of ether oxygens (including phenoxy) is 1. The molecular weight excluding hydrogens is 302 g/mol. The molecule has 3 N–H and O–H groups in total. The highest BCUT2D eigenvalue weighted by atomic mass is 32.2. The van der Waals surface area contributed by atoms with Gasteiger partial charge in [-0.25, -0.2) is 0 Å². The molecule has 5 nitrogen and oxygen atoms in total. The van der Waals surface area contributed by atoms with Crippen molar-refractivity contribution in [3.63, 3.8) is 0 Å². The summed E-state index contributed by atoms with van der Waals surface area (Å²) in [5.41, 5.74) is 1.51. The molecule has 1 aromatic carbocycles. The molecule has 0 aliphatic carbocycles. The van der Waals surface area contributed by atoms with Crippen LogP contribution in [0.15, 0.2) is 48.8 Å². The number of hydrogen-bond acceptors (Lipinski definition) is 6. The van der Waals surface area contributed by atoms with E-state index in [4.69, 9.17) is 4.74 Å². The smallest absolute Gasteiger partial charge is 0.173 e. The van der Waals surface area contributed by atoms with Crippen molar-refractivity contribution >= 4 is 11.8 Å². The molecule has 1 aliphatic rings. The second-order valence-electron chi connectivity index (χ2n) is 5.13. The average Bonchev–Trinajstić information content (AvgIpc) is 2.57. The number of rotatable bonds is 3. The third-order valence-corrected chi connectivity index (χ3v) is 4.81. The Kier molecular flexibility index (Phi) is 4.63. The van der Waals surface area contributed by atoms with Gasteiger partial charge in [0.1, 0.15) is 18.0 Å². The number of aliphatic hydroxyl groups is 3. The Morgan fingerprint density at radius 2 is 1.55 bits per heavy atom. The van der Waals surface area contributed by atoms with Gasteiger partial charge >= 0.3 is 0 Å². The standard InChI is InChI=1S/C16H17NO4S/c18-13-9-22-16(15(20)14(13)19)21-12-3-1-10(2-4-12)11-5-7-17-8-6-11/h1-8,13-16,18-20H,9H2/t13-,14+,15-,16-/m1/s1. The number of thioether (sulfide) groups is 1. The van der Waals surface area contributed by atoms with E-state index in [2.05, 4.69) is 4.98 Å². The highest BCUT2D eigenvalue weighted by Gasteiger charge is 2.38. The van der Waals surface area contributed by atoms with Crippen LogP contribution >= 0.6 is 11.8 Å². The molecule has 0 spiro atoms. The molecule has 2 aromatic rings. The number of pyridine rings is 1. The largest absolute Gasteiger partial charge is 0.477 e. The van der Waals surface area contributed by atoms with E-state index in [9.17, 15) is 15.3 Å². The summed E-state index contributed by atoms with van der Waals surface area (Å²) in [4.78, 5) is 3.99. The molecule has 0 saturated carbocycles. The van der Waals surface area contributed by atoms with Crippen molar-refractivity contribution < 1.29 is 20.1 Å². The molecule has 3 rings (SSSR count). The van der Waals surface area contributed by atoms with Gasteiger partial charge in [-0.2, -0.15) is 0 Å². The Bertz CT molecular complexity index is 607.